The largest absolute Gasteiger partial charge is 0.312 e. The van der Waals surface area contributed by atoms with Gasteiger partial charge >= 0.3 is 0 Å². The second-order valence-corrected chi connectivity index (χ2v) is 8.96. The first-order valence-electron chi connectivity index (χ1n) is 7.41. The van der Waals surface area contributed by atoms with E-state index in [1.54, 1.807) is 10.4 Å². The normalized spacial score (nSPS) is 20.5. The molecule has 1 aromatic rings. The van der Waals surface area contributed by atoms with Crippen LogP contribution in [-0.2, 0) is 16.6 Å². The summed E-state index contributed by atoms with van der Waals surface area (Å²) in [5, 5.41) is 3.23. The van der Waals surface area contributed by atoms with Crippen LogP contribution in [-0.4, -0.2) is 57.4 Å². The highest BCUT2D eigenvalue weighted by Crippen LogP contribution is 2.30. The second-order valence-electron chi connectivity index (χ2n) is 5.68. The molecule has 0 aliphatic carbocycles. The zero-order valence-corrected chi connectivity index (χ0v) is 14.6. The Morgan fingerprint density at radius 1 is 1.43 bits per heavy atom. The van der Waals surface area contributed by atoms with E-state index in [-0.39, 0.29) is 6.04 Å². The number of likely N-dealkylation sites (N-methyl/N-ethyl adjacent to an activating group) is 1. The molecule has 2 heterocycles. The second kappa shape index (κ2) is 7.19. The summed E-state index contributed by atoms with van der Waals surface area (Å²) in [6.07, 6.45) is 1.90. The van der Waals surface area contributed by atoms with Crippen molar-refractivity contribution in [2.45, 2.75) is 36.6 Å². The summed E-state index contributed by atoms with van der Waals surface area (Å²) < 4.78 is 27.8. The van der Waals surface area contributed by atoms with Crippen LogP contribution >= 0.6 is 11.3 Å². The van der Waals surface area contributed by atoms with Gasteiger partial charge in [-0.15, -0.1) is 11.3 Å². The fraction of sp³-hybridized carbons (Fsp3) is 0.714. The van der Waals surface area contributed by atoms with Gasteiger partial charge in [-0.1, -0.05) is 6.92 Å². The Morgan fingerprint density at radius 3 is 2.86 bits per heavy atom. The molecule has 1 aromatic heterocycles. The van der Waals surface area contributed by atoms with Crippen molar-refractivity contribution < 1.29 is 8.42 Å². The van der Waals surface area contributed by atoms with E-state index in [4.69, 9.17) is 0 Å². The van der Waals surface area contributed by atoms with Gasteiger partial charge in [0.05, 0.1) is 0 Å². The van der Waals surface area contributed by atoms with Gasteiger partial charge in [0.1, 0.15) is 4.21 Å². The van der Waals surface area contributed by atoms with Gasteiger partial charge in [0.15, 0.2) is 0 Å². The molecule has 0 bridgehead atoms. The minimum atomic E-state index is -3.34. The molecule has 0 amide bonds. The first-order chi connectivity index (χ1) is 9.95. The summed E-state index contributed by atoms with van der Waals surface area (Å²) in [7, 11) is 0.637. The van der Waals surface area contributed by atoms with Gasteiger partial charge in [-0.3, -0.25) is 0 Å². The zero-order valence-electron chi connectivity index (χ0n) is 13.0. The SMILES string of the molecule is CCNCc1ccc(S(=O)(=O)N2CCCC2CN(C)C)s1. The number of thiophene rings is 1. The number of hydrogen-bond acceptors (Lipinski definition) is 5. The van der Waals surface area contributed by atoms with Crippen molar-refractivity contribution in [3.8, 4) is 0 Å². The highest BCUT2D eigenvalue weighted by Gasteiger charge is 2.36. The maximum absolute atomic E-state index is 12.8. The van der Waals surface area contributed by atoms with E-state index in [1.807, 2.05) is 27.1 Å². The zero-order chi connectivity index (χ0) is 15.5. The standard InChI is InChI=1S/C14H25N3O2S2/c1-4-15-10-13-7-8-14(20-13)21(18,19)17-9-5-6-12(17)11-16(2)3/h7-8,12,15H,4-6,9-11H2,1-3H3. The van der Waals surface area contributed by atoms with Crippen molar-refractivity contribution in [2.24, 2.45) is 0 Å². The molecule has 0 spiro atoms. The third-order valence-corrected chi connectivity index (χ3v) is 7.15. The summed E-state index contributed by atoms with van der Waals surface area (Å²) in [6, 6.07) is 3.76. The first kappa shape index (κ1) is 16.9. The average molecular weight is 332 g/mol. The number of sulfonamides is 1. The Morgan fingerprint density at radius 2 is 2.19 bits per heavy atom. The van der Waals surface area contributed by atoms with Crippen molar-refractivity contribution in [3.05, 3.63) is 17.0 Å². The predicted octanol–water partition coefficient (Wildman–Crippen LogP) is 1.57. The Kier molecular flexibility index (Phi) is 5.79. The van der Waals surface area contributed by atoms with Gasteiger partial charge < -0.3 is 10.2 Å². The lowest BCUT2D eigenvalue weighted by Crippen LogP contribution is -2.40. The highest BCUT2D eigenvalue weighted by molar-refractivity contribution is 7.91. The Balaban J connectivity index is 2.15. The molecule has 2 rings (SSSR count). The van der Waals surface area contributed by atoms with E-state index in [0.29, 0.717) is 10.8 Å². The quantitative estimate of drug-likeness (QED) is 0.824. The molecule has 120 valence electrons. The minimum Gasteiger partial charge on any atom is -0.312 e. The molecule has 21 heavy (non-hydrogen) atoms. The van der Waals surface area contributed by atoms with Gasteiger partial charge in [0, 0.05) is 30.6 Å². The summed E-state index contributed by atoms with van der Waals surface area (Å²) >= 11 is 1.38. The Labute approximate surface area is 132 Å². The van der Waals surface area contributed by atoms with Crippen LogP contribution in [0.5, 0.6) is 0 Å². The molecule has 1 N–H and O–H groups in total. The van der Waals surface area contributed by atoms with E-state index in [1.165, 1.54) is 11.3 Å². The van der Waals surface area contributed by atoms with Gasteiger partial charge in [-0.25, -0.2) is 8.42 Å². The fourth-order valence-corrected chi connectivity index (χ4v) is 5.82. The van der Waals surface area contributed by atoms with Crippen LogP contribution in [0.15, 0.2) is 16.3 Å². The summed E-state index contributed by atoms with van der Waals surface area (Å²) in [5.74, 6) is 0. The molecule has 1 atom stereocenters. The van der Waals surface area contributed by atoms with Crippen LogP contribution in [0.1, 0.15) is 24.6 Å². The molecule has 5 nitrogen and oxygen atoms in total. The van der Waals surface area contributed by atoms with Crippen LogP contribution < -0.4 is 5.32 Å². The molecule has 1 aliphatic heterocycles. The van der Waals surface area contributed by atoms with E-state index in [9.17, 15) is 8.42 Å². The monoisotopic (exact) mass is 331 g/mol. The molecule has 0 saturated carbocycles. The third-order valence-electron chi connectivity index (χ3n) is 3.65. The Bertz CT molecular complexity index is 554. The van der Waals surface area contributed by atoms with Crippen molar-refractivity contribution >= 4 is 21.4 Å². The van der Waals surface area contributed by atoms with Gasteiger partial charge in [0.25, 0.3) is 10.0 Å². The van der Waals surface area contributed by atoms with Crippen molar-refractivity contribution in [1.82, 2.24) is 14.5 Å². The van der Waals surface area contributed by atoms with E-state index in [0.717, 1.165) is 37.4 Å². The molecule has 1 fully saturated rings. The molecule has 1 unspecified atom stereocenters. The predicted molar refractivity (Wildman–Crippen MR) is 87.2 cm³/mol. The molecular weight excluding hydrogens is 306 g/mol. The van der Waals surface area contributed by atoms with E-state index < -0.39 is 10.0 Å². The van der Waals surface area contributed by atoms with Crippen LogP contribution in [0.3, 0.4) is 0 Å². The van der Waals surface area contributed by atoms with Gasteiger partial charge in [-0.2, -0.15) is 4.31 Å². The molecule has 0 radical (unpaired) electrons. The fourth-order valence-electron chi connectivity index (χ4n) is 2.69. The smallest absolute Gasteiger partial charge is 0.252 e. The summed E-state index contributed by atoms with van der Waals surface area (Å²) in [5.41, 5.74) is 0. The van der Waals surface area contributed by atoms with Gasteiger partial charge in [0.2, 0.25) is 0 Å². The molecule has 1 saturated heterocycles. The van der Waals surface area contributed by atoms with E-state index in [2.05, 4.69) is 10.2 Å². The lowest BCUT2D eigenvalue weighted by molar-refractivity contribution is 0.291. The van der Waals surface area contributed by atoms with Crippen molar-refractivity contribution in [1.29, 1.82) is 0 Å². The minimum absolute atomic E-state index is 0.101. The molecule has 1 aliphatic rings. The van der Waals surface area contributed by atoms with Gasteiger partial charge in [-0.05, 0) is 45.6 Å². The molecule has 0 aromatic carbocycles. The number of nitrogens with zero attached hydrogens (tertiary/aromatic N) is 2. The first-order valence-corrected chi connectivity index (χ1v) is 9.66. The number of nitrogens with one attached hydrogen (secondary N) is 1. The topological polar surface area (TPSA) is 52.7 Å². The van der Waals surface area contributed by atoms with Crippen LogP contribution in [0.4, 0.5) is 0 Å². The van der Waals surface area contributed by atoms with Crippen LogP contribution in [0.25, 0.3) is 0 Å². The average Bonchev–Trinajstić information content (AvgIpc) is 3.04. The van der Waals surface area contributed by atoms with E-state index >= 15 is 0 Å². The maximum atomic E-state index is 12.8. The molecular formula is C14H25N3O2S2. The number of hydrogen-bond donors (Lipinski definition) is 1. The highest BCUT2D eigenvalue weighted by atomic mass is 32.2. The lowest BCUT2D eigenvalue weighted by Gasteiger charge is -2.25. The van der Waals surface area contributed by atoms with Crippen LogP contribution in [0, 0.1) is 0 Å². The maximum Gasteiger partial charge on any atom is 0.252 e. The third kappa shape index (κ3) is 4.04. The van der Waals surface area contributed by atoms with Crippen molar-refractivity contribution in [3.63, 3.8) is 0 Å². The van der Waals surface area contributed by atoms with Crippen LogP contribution in [0.2, 0.25) is 0 Å². The summed E-state index contributed by atoms with van der Waals surface area (Å²) in [4.78, 5) is 3.13. The molecule has 7 heteroatoms. The lowest BCUT2D eigenvalue weighted by atomic mass is 10.2. The summed E-state index contributed by atoms with van der Waals surface area (Å²) in [6.45, 7) is 5.09. The number of rotatable bonds is 7. The Hall–Kier alpha value is -0.470. The van der Waals surface area contributed by atoms with Crippen molar-refractivity contribution in [2.75, 3.05) is 33.7 Å².